The minimum Gasteiger partial charge on any atom is -0.480 e. The quantitative estimate of drug-likeness (QED) is 0.579. The number of amides is 3. The molecule has 0 aliphatic carbocycles. The van der Waals surface area contributed by atoms with Crippen molar-refractivity contribution in [1.29, 1.82) is 0 Å². The summed E-state index contributed by atoms with van der Waals surface area (Å²) in [5, 5.41) is 9.41. The number of carboxylic acid groups (broad SMARTS) is 1. The largest absolute Gasteiger partial charge is 0.480 e. The minimum absolute atomic E-state index is 0.120. The molecule has 3 amide bonds. The molecular formula is C20H27N3O6. The first-order valence-electron chi connectivity index (χ1n) is 9.53. The van der Waals surface area contributed by atoms with E-state index >= 15 is 0 Å². The van der Waals surface area contributed by atoms with Gasteiger partial charge in [-0.1, -0.05) is 30.3 Å². The van der Waals surface area contributed by atoms with Crippen molar-refractivity contribution in [2.45, 2.75) is 25.8 Å². The molecule has 158 valence electrons. The number of aryl methyl sites for hydroxylation is 1. The molecule has 3 atom stereocenters. The van der Waals surface area contributed by atoms with Crippen molar-refractivity contribution >= 4 is 23.9 Å². The van der Waals surface area contributed by atoms with Crippen LogP contribution in [0.4, 0.5) is 4.79 Å². The van der Waals surface area contributed by atoms with Crippen molar-refractivity contribution in [2.75, 3.05) is 26.7 Å². The number of urea groups is 1. The number of esters is 1. The zero-order valence-electron chi connectivity index (χ0n) is 16.6. The molecule has 1 aromatic carbocycles. The third-order valence-electron chi connectivity index (χ3n) is 5.05. The van der Waals surface area contributed by atoms with Gasteiger partial charge in [0, 0.05) is 13.6 Å². The number of likely N-dealkylation sites (N-methyl/N-ethyl adjacent to an activating group) is 1. The molecule has 0 spiro atoms. The van der Waals surface area contributed by atoms with Crippen LogP contribution >= 0.6 is 0 Å². The fraction of sp³-hybridized carbons (Fsp3) is 0.500. The van der Waals surface area contributed by atoms with Crippen molar-refractivity contribution < 1.29 is 29.0 Å². The maximum atomic E-state index is 13.1. The highest BCUT2D eigenvalue weighted by atomic mass is 16.5. The van der Waals surface area contributed by atoms with E-state index in [1.54, 1.807) is 6.92 Å². The summed E-state index contributed by atoms with van der Waals surface area (Å²) in [5.41, 5.74) is 6.80. The molecule has 0 unspecified atom stereocenters. The minimum atomic E-state index is -1.31. The van der Waals surface area contributed by atoms with Gasteiger partial charge in [0.15, 0.2) is 6.04 Å². The van der Waals surface area contributed by atoms with Crippen molar-refractivity contribution in [3.8, 4) is 0 Å². The van der Waals surface area contributed by atoms with Crippen LogP contribution in [0.5, 0.6) is 0 Å². The van der Waals surface area contributed by atoms with Crippen molar-refractivity contribution in [3.63, 3.8) is 0 Å². The molecule has 1 aliphatic rings. The molecule has 0 saturated carbocycles. The Bertz CT molecular complexity index is 754. The van der Waals surface area contributed by atoms with Gasteiger partial charge in [0.2, 0.25) is 5.91 Å². The van der Waals surface area contributed by atoms with Gasteiger partial charge in [-0.25, -0.2) is 14.5 Å². The van der Waals surface area contributed by atoms with E-state index in [2.05, 4.69) is 0 Å². The summed E-state index contributed by atoms with van der Waals surface area (Å²) in [5.74, 6) is -4.58. The van der Waals surface area contributed by atoms with Crippen LogP contribution < -0.4 is 5.73 Å². The highest BCUT2D eigenvalue weighted by Crippen LogP contribution is 2.26. The average molecular weight is 405 g/mol. The molecule has 1 aliphatic heterocycles. The maximum absolute atomic E-state index is 13.1. The van der Waals surface area contributed by atoms with E-state index in [-0.39, 0.29) is 26.1 Å². The number of carbonyl (C=O) groups is 4. The maximum Gasteiger partial charge on any atom is 0.328 e. The van der Waals surface area contributed by atoms with Gasteiger partial charge < -0.3 is 20.5 Å². The van der Waals surface area contributed by atoms with Gasteiger partial charge in [-0.05, 0) is 25.3 Å². The van der Waals surface area contributed by atoms with E-state index < -0.39 is 41.8 Å². The summed E-state index contributed by atoms with van der Waals surface area (Å²) in [6.45, 7) is 1.46. The third kappa shape index (κ3) is 5.11. The number of benzene rings is 1. The Morgan fingerprint density at radius 1 is 1.24 bits per heavy atom. The van der Waals surface area contributed by atoms with E-state index in [9.17, 15) is 24.3 Å². The van der Waals surface area contributed by atoms with Gasteiger partial charge in [-0.2, -0.15) is 0 Å². The number of nitrogens with zero attached hydrogens (tertiary/aromatic N) is 2. The molecule has 1 heterocycles. The van der Waals surface area contributed by atoms with Crippen LogP contribution in [0.15, 0.2) is 30.3 Å². The smallest absolute Gasteiger partial charge is 0.328 e. The molecular weight excluding hydrogens is 378 g/mol. The number of aliphatic carboxylic acids is 1. The molecule has 0 radical (unpaired) electrons. The highest BCUT2D eigenvalue weighted by Gasteiger charge is 2.47. The molecule has 1 fully saturated rings. The van der Waals surface area contributed by atoms with Gasteiger partial charge in [-0.15, -0.1) is 0 Å². The van der Waals surface area contributed by atoms with Crippen LogP contribution in [-0.2, 0) is 25.5 Å². The Morgan fingerprint density at radius 3 is 2.45 bits per heavy atom. The molecule has 0 bridgehead atoms. The molecule has 29 heavy (non-hydrogen) atoms. The molecule has 9 nitrogen and oxygen atoms in total. The Hall–Kier alpha value is -2.94. The normalized spacial score (nSPS) is 18.4. The Balaban J connectivity index is 2.27. The van der Waals surface area contributed by atoms with Crippen LogP contribution in [0.3, 0.4) is 0 Å². The number of hydrogen-bond donors (Lipinski definition) is 2. The van der Waals surface area contributed by atoms with Crippen LogP contribution in [-0.4, -0.2) is 71.6 Å². The van der Waals surface area contributed by atoms with E-state index in [0.717, 1.165) is 10.5 Å². The van der Waals surface area contributed by atoms with Crippen molar-refractivity contribution in [2.24, 2.45) is 17.6 Å². The molecule has 3 N–H and O–H groups in total. The number of nitrogens with two attached hydrogens (primary N) is 1. The van der Waals surface area contributed by atoms with Gasteiger partial charge in [0.25, 0.3) is 0 Å². The highest BCUT2D eigenvalue weighted by molar-refractivity contribution is 6.02. The topological polar surface area (TPSA) is 130 Å². The zero-order chi connectivity index (χ0) is 21.6. The molecule has 2 rings (SSSR count). The summed E-state index contributed by atoms with van der Waals surface area (Å²) in [7, 11) is 1.42. The van der Waals surface area contributed by atoms with Crippen molar-refractivity contribution in [1.82, 2.24) is 9.80 Å². The number of imide groups is 1. The first kappa shape index (κ1) is 22.4. The lowest BCUT2D eigenvalue weighted by Crippen LogP contribution is -2.51. The first-order chi connectivity index (χ1) is 13.8. The summed E-state index contributed by atoms with van der Waals surface area (Å²) in [4.78, 5) is 51.5. The zero-order valence-corrected chi connectivity index (χ0v) is 16.6. The van der Waals surface area contributed by atoms with Crippen molar-refractivity contribution in [3.05, 3.63) is 35.9 Å². The molecule has 0 aromatic heterocycles. The monoisotopic (exact) mass is 405 g/mol. The van der Waals surface area contributed by atoms with Gasteiger partial charge in [-0.3, -0.25) is 9.59 Å². The fourth-order valence-corrected chi connectivity index (χ4v) is 3.49. The third-order valence-corrected chi connectivity index (χ3v) is 5.05. The average Bonchev–Trinajstić information content (AvgIpc) is 3.00. The summed E-state index contributed by atoms with van der Waals surface area (Å²) in [6.07, 6.45) is 0.788. The number of carboxylic acids is 1. The van der Waals surface area contributed by atoms with Gasteiger partial charge >= 0.3 is 18.0 Å². The molecule has 1 saturated heterocycles. The number of rotatable bonds is 9. The Labute approximate surface area is 169 Å². The van der Waals surface area contributed by atoms with E-state index in [1.165, 1.54) is 7.05 Å². The second-order valence-electron chi connectivity index (χ2n) is 6.95. The number of ether oxygens (including phenoxy) is 1. The summed E-state index contributed by atoms with van der Waals surface area (Å²) < 4.78 is 5.13. The molecule has 1 aromatic rings. The van der Waals surface area contributed by atoms with Gasteiger partial charge in [0.1, 0.15) is 0 Å². The second kappa shape index (κ2) is 10.0. The standard InChI is InChI=1S/C20H27N3O6/c1-3-29-19(27)14(10-9-13-7-5-4-6-8-13)15(11-21)17(24)23-16(18(25)26)12-22(2)20(23)28/h4-8,14-16H,3,9-12,21H2,1-2H3,(H,25,26)/t14-,15+,16-/m0/s1. The van der Waals surface area contributed by atoms with E-state index in [4.69, 9.17) is 10.5 Å². The SMILES string of the molecule is CCOC(=O)[C@@H](CCc1ccccc1)[C@@H](CN)C(=O)N1C(=O)N(C)C[C@H]1C(=O)O. The van der Waals surface area contributed by atoms with Crippen LogP contribution in [0.1, 0.15) is 18.9 Å². The predicted octanol–water partition coefficient (Wildman–Crippen LogP) is 0.721. The summed E-state index contributed by atoms with van der Waals surface area (Å²) >= 11 is 0. The van der Waals surface area contributed by atoms with Crippen LogP contribution in [0.25, 0.3) is 0 Å². The van der Waals surface area contributed by atoms with Crippen LogP contribution in [0.2, 0.25) is 0 Å². The lowest BCUT2D eigenvalue weighted by molar-refractivity contribution is -0.155. The lowest BCUT2D eigenvalue weighted by Gasteiger charge is -2.28. The predicted molar refractivity (Wildman–Crippen MR) is 104 cm³/mol. The fourth-order valence-electron chi connectivity index (χ4n) is 3.49. The second-order valence-corrected chi connectivity index (χ2v) is 6.95. The summed E-state index contributed by atoms with van der Waals surface area (Å²) in [6, 6.07) is 7.40. The number of carbonyl (C=O) groups excluding carboxylic acids is 3. The molecule has 9 heteroatoms. The van der Waals surface area contributed by atoms with E-state index in [1.807, 2.05) is 30.3 Å². The Morgan fingerprint density at radius 2 is 1.90 bits per heavy atom. The van der Waals surface area contributed by atoms with Gasteiger partial charge in [0.05, 0.1) is 25.0 Å². The van der Waals surface area contributed by atoms with Crippen LogP contribution in [0, 0.1) is 11.8 Å². The Kier molecular flexibility index (Phi) is 7.72. The first-order valence-corrected chi connectivity index (χ1v) is 9.53. The van der Waals surface area contributed by atoms with E-state index in [0.29, 0.717) is 11.3 Å². The number of hydrogen-bond acceptors (Lipinski definition) is 6. The lowest BCUT2D eigenvalue weighted by atomic mass is 9.85.